The standard InChI is InChI=1S/C23H34NO2S2/c1-19(2)9-8-10-21(17-18-27(4)22-11-6-5-7-12-22)24-28(25,26)23-15-13-20(3)14-16-23/h5-7,11-16,19,21,24H,8-10,17-18H2,1-4H3/q+1/t21-,27?/m1/s1. The van der Waals surface area contributed by atoms with Gasteiger partial charge < -0.3 is 0 Å². The van der Waals surface area contributed by atoms with Gasteiger partial charge in [-0.05, 0) is 43.5 Å². The van der Waals surface area contributed by atoms with Crippen LogP contribution in [0.5, 0.6) is 0 Å². The van der Waals surface area contributed by atoms with E-state index in [1.165, 1.54) is 4.90 Å². The minimum Gasteiger partial charge on any atom is -0.208 e. The van der Waals surface area contributed by atoms with Crippen LogP contribution in [0.25, 0.3) is 0 Å². The van der Waals surface area contributed by atoms with Crippen molar-refractivity contribution in [2.24, 2.45) is 5.92 Å². The lowest BCUT2D eigenvalue weighted by Gasteiger charge is -2.19. The minimum absolute atomic E-state index is 0.0243. The SMILES string of the molecule is Cc1ccc(S(=O)(=O)N[C@H](CCCC(C)C)CC[S+](C)c2ccccc2)cc1. The Hall–Kier alpha value is -1.30. The number of nitrogens with one attached hydrogen (secondary N) is 1. The third-order valence-corrected chi connectivity index (χ3v) is 8.37. The van der Waals surface area contributed by atoms with Crippen LogP contribution >= 0.6 is 0 Å². The number of benzene rings is 2. The van der Waals surface area contributed by atoms with Crippen molar-refractivity contribution in [3.05, 3.63) is 60.2 Å². The monoisotopic (exact) mass is 420 g/mol. The fourth-order valence-corrected chi connectivity index (χ4v) is 5.93. The molecule has 5 heteroatoms. The Morgan fingerprint density at radius 2 is 1.57 bits per heavy atom. The predicted molar refractivity (Wildman–Crippen MR) is 121 cm³/mol. The maximum atomic E-state index is 12.9. The molecule has 0 amide bonds. The largest absolute Gasteiger partial charge is 0.240 e. The van der Waals surface area contributed by atoms with Gasteiger partial charge in [0.15, 0.2) is 4.90 Å². The van der Waals surface area contributed by atoms with E-state index in [-0.39, 0.29) is 16.9 Å². The first-order valence-corrected chi connectivity index (χ1v) is 13.3. The van der Waals surface area contributed by atoms with Gasteiger partial charge in [-0.15, -0.1) is 0 Å². The maximum absolute atomic E-state index is 12.9. The zero-order valence-electron chi connectivity index (χ0n) is 17.5. The Kier molecular flexibility index (Phi) is 9.06. The van der Waals surface area contributed by atoms with E-state index in [4.69, 9.17) is 0 Å². The molecule has 28 heavy (non-hydrogen) atoms. The van der Waals surface area contributed by atoms with Crippen molar-refractivity contribution in [3.63, 3.8) is 0 Å². The summed E-state index contributed by atoms with van der Waals surface area (Å²) in [7, 11) is -3.37. The van der Waals surface area contributed by atoms with Crippen molar-refractivity contribution in [2.45, 2.75) is 62.3 Å². The second-order valence-corrected chi connectivity index (χ2v) is 11.8. The van der Waals surface area contributed by atoms with Gasteiger partial charge in [-0.25, -0.2) is 13.1 Å². The highest BCUT2D eigenvalue weighted by Crippen LogP contribution is 2.18. The van der Waals surface area contributed by atoms with Gasteiger partial charge in [-0.3, -0.25) is 0 Å². The normalized spacial score (nSPS) is 14.2. The van der Waals surface area contributed by atoms with Gasteiger partial charge in [0.1, 0.15) is 12.0 Å². The summed E-state index contributed by atoms with van der Waals surface area (Å²) in [4.78, 5) is 1.69. The highest BCUT2D eigenvalue weighted by molar-refractivity contribution is 7.96. The fourth-order valence-electron chi connectivity index (χ4n) is 3.13. The molecule has 0 aliphatic heterocycles. The molecule has 0 fully saturated rings. The average molecular weight is 421 g/mol. The number of hydrogen-bond donors (Lipinski definition) is 1. The van der Waals surface area contributed by atoms with E-state index in [0.29, 0.717) is 10.8 Å². The summed E-state index contributed by atoms with van der Waals surface area (Å²) in [5.41, 5.74) is 1.06. The number of rotatable bonds is 11. The van der Waals surface area contributed by atoms with Crippen LogP contribution in [-0.2, 0) is 20.9 Å². The molecule has 3 nitrogen and oxygen atoms in total. The summed E-state index contributed by atoms with van der Waals surface area (Å²) in [5, 5.41) is 0. The molecule has 154 valence electrons. The molecule has 2 rings (SSSR count). The van der Waals surface area contributed by atoms with Crippen molar-refractivity contribution in [1.82, 2.24) is 4.72 Å². The molecule has 0 aliphatic rings. The predicted octanol–water partition coefficient (Wildman–Crippen LogP) is 5.17. The highest BCUT2D eigenvalue weighted by Gasteiger charge is 2.23. The van der Waals surface area contributed by atoms with Crippen LogP contribution in [0.2, 0.25) is 0 Å². The van der Waals surface area contributed by atoms with Crippen molar-refractivity contribution in [3.8, 4) is 0 Å². The molecule has 0 spiro atoms. The summed E-state index contributed by atoms with van der Waals surface area (Å²) in [6.07, 6.45) is 6.16. The van der Waals surface area contributed by atoms with Gasteiger partial charge in [0.05, 0.1) is 4.90 Å². The van der Waals surface area contributed by atoms with Gasteiger partial charge in [0.25, 0.3) is 0 Å². The van der Waals surface area contributed by atoms with Crippen LogP contribution in [0.15, 0.2) is 64.4 Å². The number of sulfonamides is 1. The van der Waals surface area contributed by atoms with Crippen molar-refractivity contribution in [2.75, 3.05) is 12.0 Å². The molecular weight excluding hydrogens is 386 g/mol. The van der Waals surface area contributed by atoms with E-state index in [0.717, 1.165) is 37.0 Å². The Balaban J connectivity index is 2.04. The summed E-state index contributed by atoms with van der Waals surface area (Å²) in [5.74, 6) is 1.63. The lowest BCUT2D eigenvalue weighted by atomic mass is 10.0. The summed E-state index contributed by atoms with van der Waals surface area (Å²) >= 11 is 0. The van der Waals surface area contributed by atoms with E-state index < -0.39 is 10.0 Å². The average Bonchev–Trinajstić information content (AvgIpc) is 2.66. The van der Waals surface area contributed by atoms with E-state index in [1.54, 1.807) is 12.1 Å². The van der Waals surface area contributed by atoms with Gasteiger partial charge in [0.2, 0.25) is 10.0 Å². The van der Waals surface area contributed by atoms with Gasteiger partial charge in [-0.2, -0.15) is 0 Å². The Morgan fingerprint density at radius 1 is 0.929 bits per heavy atom. The maximum Gasteiger partial charge on any atom is 0.240 e. The summed E-state index contributed by atoms with van der Waals surface area (Å²) in [6, 6.07) is 17.5. The Labute approximate surface area is 174 Å². The van der Waals surface area contributed by atoms with Crippen LogP contribution in [0.3, 0.4) is 0 Å². The zero-order valence-corrected chi connectivity index (χ0v) is 19.2. The summed E-state index contributed by atoms with van der Waals surface area (Å²) < 4.78 is 28.7. The molecule has 2 atom stereocenters. The van der Waals surface area contributed by atoms with Crippen molar-refractivity contribution in [1.29, 1.82) is 0 Å². The zero-order chi connectivity index (χ0) is 20.6. The lowest BCUT2D eigenvalue weighted by Crippen LogP contribution is -2.36. The van der Waals surface area contributed by atoms with E-state index in [9.17, 15) is 8.42 Å². The second-order valence-electron chi connectivity index (χ2n) is 7.90. The van der Waals surface area contributed by atoms with Crippen LogP contribution < -0.4 is 4.72 Å². The molecule has 0 saturated heterocycles. The highest BCUT2D eigenvalue weighted by atomic mass is 32.2. The van der Waals surface area contributed by atoms with Crippen molar-refractivity contribution < 1.29 is 8.42 Å². The number of hydrogen-bond acceptors (Lipinski definition) is 2. The van der Waals surface area contributed by atoms with E-state index in [2.05, 4.69) is 49.1 Å². The molecule has 2 aromatic carbocycles. The molecule has 2 aromatic rings. The Bertz CT molecular complexity index is 802. The molecule has 0 bridgehead atoms. The Morgan fingerprint density at radius 3 is 2.18 bits per heavy atom. The van der Waals surface area contributed by atoms with E-state index >= 15 is 0 Å². The summed E-state index contributed by atoms with van der Waals surface area (Å²) in [6.45, 7) is 6.39. The lowest BCUT2D eigenvalue weighted by molar-refractivity contribution is 0.465. The fraction of sp³-hybridized carbons (Fsp3) is 0.478. The first kappa shape index (κ1) is 23.0. The van der Waals surface area contributed by atoms with Gasteiger partial charge in [0, 0.05) is 23.4 Å². The second kappa shape index (κ2) is 11.0. The third-order valence-electron chi connectivity index (χ3n) is 4.91. The molecule has 0 aliphatic carbocycles. The molecule has 0 heterocycles. The molecule has 1 unspecified atom stereocenters. The van der Waals surface area contributed by atoms with Crippen LogP contribution in [0, 0.1) is 12.8 Å². The van der Waals surface area contributed by atoms with Gasteiger partial charge in [-0.1, -0.05) is 62.6 Å². The molecule has 0 saturated carbocycles. The smallest absolute Gasteiger partial charge is 0.208 e. The minimum atomic E-state index is -3.49. The third kappa shape index (κ3) is 7.61. The number of aryl methyl sites for hydroxylation is 1. The molecule has 0 aromatic heterocycles. The van der Waals surface area contributed by atoms with E-state index in [1.807, 2.05) is 25.1 Å². The molecule has 0 radical (unpaired) electrons. The first-order valence-electron chi connectivity index (χ1n) is 10.0. The molecule has 1 N–H and O–H groups in total. The van der Waals surface area contributed by atoms with Crippen LogP contribution in [-0.4, -0.2) is 26.5 Å². The quantitative estimate of drug-likeness (QED) is 0.510. The first-order chi connectivity index (χ1) is 13.3. The van der Waals surface area contributed by atoms with Crippen LogP contribution in [0.4, 0.5) is 0 Å². The van der Waals surface area contributed by atoms with Gasteiger partial charge >= 0.3 is 0 Å². The van der Waals surface area contributed by atoms with Crippen LogP contribution in [0.1, 0.15) is 45.1 Å². The molecular formula is C23H34NO2S2+. The topological polar surface area (TPSA) is 46.2 Å². The van der Waals surface area contributed by atoms with Crippen molar-refractivity contribution >= 4 is 20.9 Å².